The molecule has 0 fully saturated rings. The van der Waals surface area contributed by atoms with Crippen molar-refractivity contribution in [3.63, 3.8) is 0 Å². The second kappa shape index (κ2) is 8.30. The van der Waals surface area contributed by atoms with Crippen molar-refractivity contribution in [1.29, 1.82) is 0 Å². The molecule has 0 aromatic heterocycles. The molecule has 0 heterocycles. The summed E-state index contributed by atoms with van der Waals surface area (Å²) in [5.41, 5.74) is 0.744. The van der Waals surface area contributed by atoms with Gasteiger partial charge in [0, 0.05) is 12.1 Å². The van der Waals surface area contributed by atoms with Gasteiger partial charge in [0.15, 0.2) is 0 Å². The Morgan fingerprint density at radius 1 is 1.25 bits per heavy atom. The standard InChI is InChI=1S/C15H20FNO3/c1-2-12(16)5-3-4-6-14(18)17-13-9-7-11(8-10-13)15(19)20/h7-10,12H,2-6H2,1H3,(H,17,18)(H,19,20). The fourth-order valence-electron chi connectivity index (χ4n) is 1.78. The Morgan fingerprint density at radius 3 is 2.45 bits per heavy atom. The maximum atomic E-state index is 13.0. The van der Waals surface area contributed by atoms with Gasteiger partial charge in [-0.15, -0.1) is 0 Å². The van der Waals surface area contributed by atoms with Gasteiger partial charge in [0.25, 0.3) is 0 Å². The number of hydrogen-bond donors (Lipinski definition) is 2. The van der Waals surface area contributed by atoms with Crippen LogP contribution >= 0.6 is 0 Å². The summed E-state index contributed by atoms with van der Waals surface area (Å²) in [7, 11) is 0. The molecular formula is C15H20FNO3. The first-order valence-corrected chi connectivity index (χ1v) is 6.80. The molecule has 1 amide bonds. The van der Waals surface area contributed by atoms with E-state index in [9.17, 15) is 14.0 Å². The number of nitrogens with one attached hydrogen (secondary N) is 1. The lowest BCUT2D eigenvalue weighted by atomic mass is 10.1. The summed E-state index contributed by atoms with van der Waals surface area (Å²) in [6.45, 7) is 1.80. The number of carboxylic acid groups (broad SMARTS) is 1. The van der Waals surface area contributed by atoms with Gasteiger partial charge in [0.2, 0.25) is 5.91 Å². The number of benzene rings is 1. The van der Waals surface area contributed by atoms with Crippen LogP contribution in [0.3, 0.4) is 0 Å². The monoisotopic (exact) mass is 281 g/mol. The number of unbranched alkanes of at least 4 members (excludes halogenated alkanes) is 1. The molecule has 0 radical (unpaired) electrons. The van der Waals surface area contributed by atoms with E-state index in [0.717, 1.165) is 0 Å². The largest absolute Gasteiger partial charge is 0.478 e. The van der Waals surface area contributed by atoms with Crippen molar-refractivity contribution in [1.82, 2.24) is 0 Å². The van der Waals surface area contributed by atoms with Crippen LogP contribution in [-0.2, 0) is 4.79 Å². The second-order valence-corrected chi connectivity index (χ2v) is 4.68. The predicted molar refractivity (Wildman–Crippen MR) is 75.7 cm³/mol. The van der Waals surface area contributed by atoms with Gasteiger partial charge in [0.1, 0.15) is 0 Å². The van der Waals surface area contributed by atoms with Crippen molar-refractivity contribution in [3.05, 3.63) is 29.8 Å². The number of alkyl halides is 1. The number of rotatable bonds is 8. The lowest BCUT2D eigenvalue weighted by Crippen LogP contribution is -2.11. The zero-order chi connectivity index (χ0) is 15.0. The summed E-state index contributed by atoms with van der Waals surface area (Å²) in [6.07, 6.45) is 1.93. The summed E-state index contributed by atoms with van der Waals surface area (Å²) >= 11 is 0. The van der Waals surface area contributed by atoms with Crippen LogP contribution in [0.2, 0.25) is 0 Å². The van der Waals surface area contributed by atoms with E-state index in [1.807, 2.05) is 0 Å². The third-order valence-corrected chi connectivity index (χ3v) is 3.03. The fourth-order valence-corrected chi connectivity index (χ4v) is 1.78. The van der Waals surface area contributed by atoms with Gasteiger partial charge in [0.05, 0.1) is 11.7 Å². The topological polar surface area (TPSA) is 66.4 Å². The van der Waals surface area contributed by atoms with Crippen LogP contribution in [0.15, 0.2) is 24.3 Å². The van der Waals surface area contributed by atoms with Crippen LogP contribution in [0.1, 0.15) is 49.4 Å². The summed E-state index contributed by atoms with van der Waals surface area (Å²) in [5, 5.41) is 11.4. The third kappa shape index (κ3) is 5.82. The van der Waals surface area contributed by atoms with Crippen molar-refractivity contribution >= 4 is 17.6 Å². The third-order valence-electron chi connectivity index (χ3n) is 3.03. The molecule has 1 atom stereocenters. The molecule has 1 aromatic carbocycles. The molecule has 1 unspecified atom stereocenters. The maximum Gasteiger partial charge on any atom is 0.335 e. The van der Waals surface area contributed by atoms with Gasteiger partial charge in [-0.2, -0.15) is 0 Å². The van der Waals surface area contributed by atoms with Crippen molar-refractivity contribution in [2.24, 2.45) is 0 Å². The van der Waals surface area contributed by atoms with Crippen LogP contribution in [0.25, 0.3) is 0 Å². The molecule has 0 saturated heterocycles. The van der Waals surface area contributed by atoms with E-state index in [0.29, 0.717) is 37.8 Å². The molecule has 4 nitrogen and oxygen atoms in total. The van der Waals surface area contributed by atoms with E-state index in [2.05, 4.69) is 5.32 Å². The predicted octanol–water partition coefficient (Wildman–Crippen LogP) is 3.63. The Balaban J connectivity index is 2.30. The molecule has 5 heteroatoms. The molecule has 110 valence electrons. The second-order valence-electron chi connectivity index (χ2n) is 4.68. The fraction of sp³-hybridized carbons (Fsp3) is 0.467. The molecule has 20 heavy (non-hydrogen) atoms. The van der Waals surface area contributed by atoms with E-state index in [4.69, 9.17) is 5.11 Å². The molecule has 2 N–H and O–H groups in total. The first-order valence-electron chi connectivity index (χ1n) is 6.80. The van der Waals surface area contributed by atoms with Gasteiger partial charge in [-0.1, -0.05) is 13.3 Å². The van der Waals surface area contributed by atoms with Crippen molar-refractivity contribution in [3.8, 4) is 0 Å². The van der Waals surface area contributed by atoms with Crippen molar-refractivity contribution < 1.29 is 19.1 Å². The smallest absolute Gasteiger partial charge is 0.335 e. The molecule has 0 spiro atoms. The average Bonchev–Trinajstić information content (AvgIpc) is 2.43. The number of aromatic carboxylic acids is 1. The number of amides is 1. The van der Waals surface area contributed by atoms with Crippen LogP contribution in [0.5, 0.6) is 0 Å². The summed E-state index contributed by atoms with van der Waals surface area (Å²) in [5.74, 6) is -1.14. The van der Waals surface area contributed by atoms with E-state index in [-0.39, 0.29) is 11.5 Å². The van der Waals surface area contributed by atoms with Crippen LogP contribution < -0.4 is 5.32 Å². The molecule has 1 aromatic rings. The van der Waals surface area contributed by atoms with Gasteiger partial charge in [-0.25, -0.2) is 9.18 Å². The molecule has 0 bridgehead atoms. The number of halogens is 1. The van der Waals surface area contributed by atoms with E-state index in [1.165, 1.54) is 12.1 Å². The highest BCUT2D eigenvalue weighted by Gasteiger charge is 2.06. The summed E-state index contributed by atoms with van der Waals surface area (Å²) < 4.78 is 13.0. The van der Waals surface area contributed by atoms with Crippen LogP contribution in [-0.4, -0.2) is 23.2 Å². The lowest BCUT2D eigenvalue weighted by molar-refractivity contribution is -0.116. The Kier molecular flexibility index (Phi) is 6.70. The summed E-state index contributed by atoms with van der Waals surface area (Å²) in [6, 6.07) is 5.98. The first-order chi connectivity index (χ1) is 9.52. The zero-order valence-electron chi connectivity index (χ0n) is 11.6. The minimum absolute atomic E-state index is 0.139. The number of carbonyl (C=O) groups excluding carboxylic acids is 1. The number of anilines is 1. The molecule has 1 rings (SSSR count). The summed E-state index contributed by atoms with van der Waals surface area (Å²) in [4.78, 5) is 22.3. The highest BCUT2D eigenvalue weighted by atomic mass is 19.1. The van der Waals surface area contributed by atoms with Crippen LogP contribution in [0.4, 0.5) is 10.1 Å². The molecule has 0 saturated carbocycles. The number of carboxylic acids is 1. The highest BCUT2D eigenvalue weighted by Crippen LogP contribution is 2.12. The molecular weight excluding hydrogens is 261 g/mol. The van der Waals surface area contributed by atoms with Crippen molar-refractivity contribution in [2.75, 3.05) is 5.32 Å². The van der Waals surface area contributed by atoms with Crippen molar-refractivity contribution in [2.45, 2.75) is 45.2 Å². The molecule has 0 aliphatic heterocycles. The molecule has 0 aliphatic rings. The van der Waals surface area contributed by atoms with Gasteiger partial charge in [-0.3, -0.25) is 4.79 Å². The Labute approximate surface area is 118 Å². The SMILES string of the molecule is CCC(F)CCCCC(=O)Nc1ccc(C(=O)O)cc1. The molecule has 0 aliphatic carbocycles. The van der Waals surface area contributed by atoms with Gasteiger partial charge >= 0.3 is 5.97 Å². The van der Waals surface area contributed by atoms with E-state index >= 15 is 0 Å². The van der Waals surface area contributed by atoms with E-state index < -0.39 is 12.1 Å². The normalized spacial score (nSPS) is 11.9. The van der Waals surface area contributed by atoms with Gasteiger partial charge < -0.3 is 10.4 Å². The maximum absolute atomic E-state index is 13.0. The average molecular weight is 281 g/mol. The van der Waals surface area contributed by atoms with Crippen LogP contribution in [0, 0.1) is 0 Å². The zero-order valence-corrected chi connectivity index (χ0v) is 11.6. The Morgan fingerprint density at radius 2 is 1.90 bits per heavy atom. The minimum Gasteiger partial charge on any atom is -0.478 e. The minimum atomic E-state index is -1.00. The number of hydrogen-bond acceptors (Lipinski definition) is 2. The quantitative estimate of drug-likeness (QED) is 0.715. The lowest BCUT2D eigenvalue weighted by Gasteiger charge is -2.06. The van der Waals surface area contributed by atoms with E-state index in [1.54, 1.807) is 19.1 Å². The number of carbonyl (C=O) groups is 2. The highest BCUT2D eigenvalue weighted by molar-refractivity contribution is 5.92. The Bertz CT molecular complexity index is 445. The first kappa shape index (κ1) is 16.1. The Hall–Kier alpha value is -1.91. The van der Waals surface area contributed by atoms with Gasteiger partial charge in [-0.05, 0) is 43.5 Å².